The highest BCUT2D eigenvalue weighted by Gasteiger charge is 2.23. The van der Waals surface area contributed by atoms with Crippen LogP contribution in [0.2, 0.25) is 0 Å². The Morgan fingerprint density at radius 2 is 1.11 bits per heavy atom. The van der Waals surface area contributed by atoms with Gasteiger partial charge < -0.3 is 4.42 Å². The minimum Gasteiger partial charge on any atom is -0.436 e. The number of fused-ring (bicyclic) bond motifs is 5. The molecule has 0 atom stereocenters. The second kappa shape index (κ2) is 9.93. The van der Waals surface area contributed by atoms with E-state index in [0.29, 0.717) is 28.9 Å². The van der Waals surface area contributed by atoms with Gasteiger partial charge in [-0.05, 0) is 29.0 Å². The Hall–Kier alpha value is -5.72. The second-order valence-electron chi connectivity index (χ2n) is 10.7. The minimum absolute atomic E-state index is 0.564. The van der Waals surface area contributed by atoms with Crippen LogP contribution in [0.15, 0.2) is 138 Å². The summed E-state index contributed by atoms with van der Waals surface area (Å²) in [5.41, 5.74) is 5.04. The van der Waals surface area contributed by atoms with E-state index in [2.05, 4.69) is 60.7 Å². The molecule has 0 amide bonds. The van der Waals surface area contributed by atoms with Gasteiger partial charge in [-0.25, -0.2) is 19.9 Å². The van der Waals surface area contributed by atoms with Crippen LogP contribution in [-0.2, 0) is 0 Å². The lowest BCUT2D eigenvalue weighted by Crippen LogP contribution is -2.01. The van der Waals surface area contributed by atoms with E-state index in [1.165, 1.54) is 10.1 Å². The lowest BCUT2D eigenvalue weighted by Gasteiger charge is -2.10. The fourth-order valence-corrected chi connectivity index (χ4v) is 7.00. The Kier molecular flexibility index (Phi) is 5.61. The van der Waals surface area contributed by atoms with E-state index < -0.39 is 0 Å². The van der Waals surface area contributed by atoms with Gasteiger partial charge in [-0.2, -0.15) is 0 Å². The van der Waals surface area contributed by atoms with E-state index in [0.717, 1.165) is 48.6 Å². The van der Waals surface area contributed by atoms with Crippen molar-refractivity contribution in [3.8, 4) is 45.6 Å². The number of nitrogens with zero attached hydrogens (tertiary/aromatic N) is 4. The van der Waals surface area contributed by atoms with Crippen molar-refractivity contribution in [2.75, 3.05) is 0 Å². The summed E-state index contributed by atoms with van der Waals surface area (Å²) < 4.78 is 8.81. The molecule has 0 aliphatic heterocycles. The first-order valence-corrected chi connectivity index (χ1v) is 15.2. The van der Waals surface area contributed by atoms with E-state index in [9.17, 15) is 0 Å². The number of oxazole rings is 1. The Bertz CT molecular complexity index is 2440. The Morgan fingerprint density at radius 1 is 0.477 bits per heavy atom. The van der Waals surface area contributed by atoms with Crippen LogP contribution >= 0.6 is 11.3 Å². The van der Waals surface area contributed by atoms with Crippen molar-refractivity contribution in [1.29, 1.82) is 0 Å². The molecule has 0 fully saturated rings. The molecule has 9 rings (SSSR count). The fourth-order valence-electron chi connectivity index (χ4n) is 5.85. The van der Waals surface area contributed by atoms with Crippen molar-refractivity contribution in [3.63, 3.8) is 0 Å². The van der Waals surface area contributed by atoms with Crippen LogP contribution in [-0.4, -0.2) is 19.9 Å². The molecule has 0 aliphatic carbocycles. The molecule has 44 heavy (non-hydrogen) atoms. The number of aromatic nitrogens is 4. The number of rotatable bonds is 4. The maximum absolute atomic E-state index is 6.52. The molecular formula is C38H22N4OS. The van der Waals surface area contributed by atoms with Crippen molar-refractivity contribution in [3.05, 3.63) is 133 Å². The summed E-state index contributed by atoms with van der Waals surface area (Å²) >= 11 is 1.73. The van der Waals surface area contributed by atoms with E-state index in [1.54, 1.807) is 11.3 Å². The third-order valence-electron chi connectivity index (χ3n) is 7.94. The first-order valence-electron chi connectivity index (χ1n) is 14.4. The molecule has 3 aromatic heterocycles. The number of hydrogen-bond acceptors (Lipinski definition) is 6. The summed E-state index contributed by atoms with van der Waals surface area (Å²) in [7, 11) is 0. The Labute approximate surface area is 256 Å². The molecule has 3 heterocycles. The minimum atomic E-state index is 0.564. The first-order chi connectivity index (χ1) is 21.8. The van der Waals surface area contributed by atoms with Crippen LogP contribution in [0, 0.1) is 0 Å². The quantitative estimate of drug-likeness (QED) is 0.207. The standard InChI is InChI=1S/C38H22N4OS/c1-3-12-24(13-4-1)35-40-36(25-14-5-2-6-15-25)42-37(41-35)33-32-28-17-9-10-18-30(28)44-31(32)22-29-34(33)39-38(43-29)27-20-19-23-11-7-8-16-26(23)21-27/h1-22H. The summed E-state index contributed by atoms with van der Waals surface area (Å²) in [6.45, 7) is 0. The Morgan fingerprint density at radius 3 is 1.86 bits per heavy atom. The van der Waals surface area contributed by atoms with Gasteiger partial charge in [0.05, 0.1) is 5.56 Å². The smallest absolute Gasteiger partial charge is 0.227 e. The second-order valence-corrected chi connectivity index (χ2v) is 11.8. The predicted octanol–water partition coefficient (Wildman–Crippen LogP) is 10.2. The van der Waals surface area contributed by atoms with Crippen molar-refractivity contribution in [2.24, 2.45) is 0 Å². The number of hydrogen-bond donors (Lipinski definition) is 0. The van der Waals surface area contributed by atoms with Crippen LogP contribution in [0.5, 0.6) is 0 Å². The van der Waals surface area contributed by atoms with Crippen molar-refractivity contribution >= 4 is 53.4 Å². The SMILES string of the molecule is c1ccc(-c2nc(-c3ccccc3)nc(-c3c4nc(-c5ccc6ccccc6c5)oc4cc4sc5ccccc5c34)n2)cc1. The molecule has 206 valence electrons. The van der Waals surface area contributed by atoms with Gasteiger partial charge in [-0.1, -0.05) is 109 Å². The van der Waals surface area contributed by atoms with Crippen molar-refractivity contribution < 1.29 is 4.42 Å². The first kappa shape index (κ1) is 24.8. The third kappa shape index (κ3) is 4.07. The van der Waals surface area contributed by atoms with Crippen LogP contribution in [0.4, 0.5) is 0 Å². The van der Waals surface area contributed by atoms with Crippen LogP contribution in [0.1, 0.15) is 0 Å². The maximum Gasteiger partial charge on any atom is 0.227 e. The van der Waals surface area contributed by atoms with Gasteiger partial charge in [0, 0.05) is 42.9 Å². The molecule has 0 spiro atoms. The molecule has 0 saturated carbocycles. The molecule has 9 aromatic rings. The van der Waals surface area contributed by atoms with E-state index in [4.69, 9.17) is 24.4 Å². The van der Waals surface area contributed by atoms with Gasteiger partial charge in [0.15, 0.2) is 23.1 Å². The highest BCUT2D eigenvalue weighted by molar-refractivity contribution is 7.26. The summed E-state index contributed by atoms with van der Waals surface area (Å²) in [4.78, 5) is 20.3. The molecular weight excluding hydrogens is 561 g/mol. The largest absolute Gasteiger partial charge is 0.436 e. The van der Waals surface area contributed by atoms with Gasteiger partial charge >= 0.3 is 0 Å². The number of thiophene rings is 1. The summed E-state index contributed by atoms with van der Waals surface area (Å²) in [5, 5.41) is 4.52. The zero-order valence-corrected chi connectivity index (χ0v) is 24.1. The summed E-state index contributed by atoms with van der Waals surface area (Å²) in [6, 6.07) is 45.3. The van der Waals surface area contributed by atoms with Gasteiger partial charge in [-0.15, -0.1) is 11.3 Å². The molecule has 5 nitrogen and oxygen atoms in total. The predicted molar refractivity (Wildman–Crippen MR) is 180 cm³/mol. The molecule has 0 saturated heterocycles. The van der Waals surface area contributed by atoms with Gasteiger partial charge in [-0.3, -0.25) is 0 Å². The molecule has 0 radical (unpaired) electrons. The van der Waals surface area contributed by atoms with E-state index >= 15 is 0 Å². The maximum atomic E-state index is 6.52. The number of benzene rings is 6. The zero-order chi connectivity index (χ0) is 29.0. The average molecular weight is 583 g/mol. The van der Waals surface area contributed by atoms with Crippen LogP contribution < -0.4 is 0 Å². The monoisotopic (exact) mass is 582 g/mol. The lowest BCUT2D eigenvalue weighted by atomic mass is 10.0. The average Bonchev–Trinajstić information content (AvgIpc) is 3.69. The molecule has 0 unspecified atom stereocenters. The molecule has 6 aromatic carbocycles. The van der Waals surface area contributed by atoms with E-state index in [-0.39, 0.29) is 0 Å². The highest BCUT2D eigenvalue weighted by Crippen LogP contribution is 2.44. The fraction of sp³-hybridized carbons (Fsp3) is 0. The zero-order valence-electron chi connectivity index (χ0n) is 23.3. The molecule has 0 aliphatic rings. The van der Waals surface area contributed by atoms with Gasteiger partial charge in [0.2, 0.25) is 5.89 Å². The normalized spacial score (nSPS) is 11.6. The third-order valence-corrected chi connectivity index (χ3v) is 9.06. The van der Waals surface area contributed by atoms with Crippen molar-refractivity contribution in [1.82, 2.24) is 19.9 Å². The van der Waals surface area contributed by atoms with E-state index in [1.807, 2.05) is 72.8 Å². The summed E-state index contributed by atoms with van der Waals surface area (Å²) in [6.07, 6.45) is 0. The summed E-state index contributed by atoms with van der Waals surface area (Å²) in [5.74, 6) is 2.35. The van der Waals surface area contributed by atoms with Gasteiger partial charge in [0.25, 0.3) is 0 Å². The molecule has 0 bridgehead atoms. The highest BCUT2D eigenvalue weighted by atomic mass is 32.1. The molecule has 0 N–H and O–H groups in total. The van der Waals surface area contributed by atoms with Crippen molar-refractivity contribution in [2.45, 2.75) is 0 Å². The topological polar surface area (TPSA) is 64.7 Å². The van der Waals surface area contributed by atoms with Gasteiger partial charge in [0.1, 0.15) is 5.52 Å². The van der Waals surface area contributed by atoms with Crippen LogP contribution in [0.3, 0.4) is 0 Å². The molecule has 6 heteroatoms. The Balaban J connectivity index is 1.37. The van der Waals surface area contributed by atoms with Crippen LogP contribution in [0.25, 0.3) is 87.7 Å². The lowest BCUT2D eigenvalue weighted by molar-refractivity contribution is 0.620.